The summed E-state index contributed by atoms with van der Waals surface area (Å²) < 4.78 is 5.60. The fourth-order valence-electron chi connectivity index (χ4n) is 2.71. The van der Waals surface area contributed by atoms with Gasteiger partial charge >= 0.3 is 0 Å². The van der Waals surface area contributed by atoms with Crippen LogP contribution in [-0.4, -0.2) is 60.5 Å². The topological polar surface area (TPSA) is 49.9 Å². The van der Waals surface area contributed by atoms with E-state index in [1.54, 1.807) is 11.8 Å². The molecule has 2 fully saturated rings. The lowest BCUT2D eigenvalue weighted by molar-refractivity contribution is -0.143. The van der Waals surface area contributed by atoms with E-state index >= 15 is 0 Å². The zero-order valence-corrected chi connectivity index (χ0v) is 11.9. The van der Waals surface area contributed by atoms with Gasteiger partial charge in [-0.2, -0.15) is 0 Å². The largest absolute Gasteiger partial charge is 0.374 e. The normalized spacial score (nSPS) is 25.5. The summed E-state index contributed by atoms with van der Waals surface area (Å²) in [5.41, 5.74) is 0. The quantitative estimate of drug-likeness (QED) is 0.747. The molecule has 0 N–H and O–H groups in total. The molecule has 5 nitrogen and oxygen atoms in total. The van der Waals surface area contributed by atoms with Crippen LogP contribution in [0, 0.1) is 5.92 Å². The molecule has 0 aromatic heterocycles. The molecule has 1 unspecified atom stereocenters. The Morgan fingerprint density at radius 3 is 2.47 bits per heavy atom. The molecule has 0 radical (unpaired) electrons. The highest BCUT2D eigenvalue weighted by Crippen LogP contribution is 2.18. The highest BCUT2D eigenvalue weighted by molar-refractivity contribution is 5.77. The van der Waals surface area contributed by atoms with Crippen LogP contribution in [-0.2, 0) is 14.3 Å². The van der Waals surface area contributed by atoms with Crippen molar-refractivity contribution >= 4 is 11.8 Å². The maximum Gasteiger partial charge on any atom is 0.225 e. The lowest BCUT2D eigenvalue weighted by Crippen LogP contribution is -2.47. The monoisotopic (exact) mass is 268 g/mol. The van der Waals surface area contributed by atoms with Gasteiger partial charge in [-0.15, -0.1) is 0 Å². The number of carbonyl (C=O) groups is 2. The van der Waals surface area contributed by atoms with Crippen molar-refractivity contribution in [3.8, 4) is 0 Å². The summed E-state index contributed by atoms with van der Waals surface area (Å²) in [6.07, 6.45) is 2.45. The lowest BCUT2D eigenvalue weighted by atomic mass is 9.99. The molecule has 19 heavy (non-hydrogen) atoms. The second-order valence-electron chi connectivity index (χ2n) is 5.73. The minimum Gasteiger partial charge on any atom is -0.374 e. The molecule has 2 aliphatic heterocycles. The Morgan fingerprint density at radius 1 is 1.16 bits per heavy atom. The predicted octanol–water partition coefficient (Wildman–Crippen LogP) is 0.882. The van der Waals surface area contributed by atoms with Gasteiger partial charge in [0.25, 0.3) is 0 Å². The van der Waals surface area contributed by atoms with Gasteiger partial charge in [0.2, 0.25) is 11.8 Å². The molecule has 2 rings (SSSR count). The van der Waals surface area contributed by atoms with Crippen LogP contribution in [0.15, 0.2) is 0 Å². The van der Waals surface area contributed by atoms with Gasteiger partial charge in [-0.25, -0.2) is 0 Å². The highest BCUT2D eigenvalue weighted by atomic mass is 16.5. The van der Waals surface area contributed by atoms with Crippen molar-refractivity contribution in [2.24, 2.45) is 5.92 Å². The van der Waals surface area contributed by atoms with E-state index in [4.69, 9.17) is 4.74 Å². The van der Waals surface area contributed by atoms with Crippen LogP contribution < -0.4 is 0 Å². The predicted molar refractivity (Wildman–Crippen MR) is 71.6 cm³/mol. The van der Waals surface area contributed by atoms with Gasteiger partial charge in [0.1, 0.15) is 0 Å². The Hall–Kier alpha value is -1.10. The van der Waals surface area contributed by atoms with Crippen molar-refractivity contribution in [3.63, 3.8) is 0 Å². The molecule has 0 bridgehead atoms. The lowest BCUT2D eigenvalue weighted by Gasteiger charge is -2.35. The van der Waals surface area contributed by atoms with Gasteiger partial charge in [-0.1, -0.05) is 6.92 Å². The van der Waals surface area contributed by atoms with E-state index in [9.17, 15) is 9.59 Å². The molecule has 0 saturated carbocycles. The molecular formula is C14H24N2O3. The summed E-state index contributed by atoms with van der Waals surface area (Å²) in [5, 5.41) is 0. The molecule has 5 heteroatoms. The summed E-state index contributed by atoms with van der Waals surface area (Å²) in [6, 6.07) is 0. The van der Waals surface area contributed by atoms with Crippen LogP contribution in [0.1, 0.15) is 33.1 Å². The van der Waals surface area contributed by atoms with Gasteiger partial charge in [0.05, 0.1) is 19.1 Å². The van der Waals surface area contributed by atoms with Gasteiger partial charge in [0.15, 0.2) is 0 Å². The number of morpholine rings is 1. The molecule has 2 heterocycles. The third-order valence-corrected chi connectivity index (χ3v) is 4.12. The Balaban J connectivity index is 1.80. The fourth-order valence-corrected chi connectivity index (χ4v) is 2.71. The Labute approximate surface area is 114 Å². The van der Waals surface area contributed by atoms with Crippen molar-refractivity contribution in [2.45, 2.75) is 39.2 Å². The summed E-state index contributed by atoms with van der Waals surface area (Å²) >= 11 is 0. The molecule has 2 amide bonds. The van der Waals surface area contributed by atoms with E-state index in [0.717, 1.165) is 31.8 Å². The van der Waals surface area contributed by atoms with E-state index in [0.29, 0.717) is 26.1 Å². The number of rotatable bonds is 2. The zero-order valence-electron chi connectivity index (χ0n) is 11.9. The molecule has 1 atom stereocenters. The van der Waals surface area contributed by atoms with Crippen LogP contribution in [0.3, 0.4) is 0 Å². The summed E-state index contributed by atoms with van der Waals surface area (Å²) in [7, 11) is 0. The van der Waals surface area contributed by atoms with Crippen LogP contribution >= 0.6 is 0 Å². The van der Waals surface area contributed by atoms with Gasteiger partial charge in [-0.3, -0.25) is 9.59 Å². The van der Waals surface area contributed by atoms with Crippen molar-refractivity contribution < 1.29 is 14.3 Å². The first-order valence-corrected chi connectivity index (χ1v) is 7.21. The van der Waals surface area contributed by atoms with E-state index in [2.05, 4.69) is 6.92 Å². The van der Waals surface area contributed by atoms with Gasteiger partial charge in [0, 0.05) is 33.1 Å². The standard InChI is InChI=1S/C14H24N2O3/c1-11-3-5-15(6-4-11)14(18)9-13-10-16(12(2)17)7-8-19-13/h11,13H,3-10H2,1-2H3. The number of likely N-dealkylation sites (tertiary alicyclic amines) is 1. The first-order valence-electron chi connectivity index (χ1n) is 7.21. The molecule has 2 aliphatic rings. The molecule has 108 valence electrons. The van der Waals surface area contributed by atoms with Crippen LogP contribution in [0.25, 0.3) is 0 Å². The van der Waals surface area contributed by atoms with E-state index in [1.165, 1.54) is 0 Å². The average Bonchev–Trinajstić information content (AvgIpc) is 2.39. The SMILES string of the molecule is CC(=O)N1CCOC(CC(=O)N2CCC(C)CC2)C1. The molecule has 0 aromatic carbocycles. The first kappa shape index (κ1) is 14.3. The van der Waals surface area contributed by atoms with Crippen molar-refractivity contribution in [2.75, 3.05) is 32.8 Å². The molecule has 0 aliphatic carbocycles. The Kier molecular flexibility index (Phi) is 4.80. The van der Waals surface area contributed by atoms with Crippen LogP contribution in [0.4, 0.5) is 0 Å². The number of carbonyl (C=O) groups excluding carboxylic acids is 2. The number of amides is 2. The maximum atomic E-state index is 12.2. The smallest absolute Gasteiger partial charge is 0.225 e. The second-order valence-corrected chi connectivity index (χ2v) is 5.73. The van der Waals surface area contributed by atoms with E-state index < -0.39 is 0 Å². The molecular weight excluding hydrogens is 244 g/mol. The fraction of sp³-hybridized carbons (Fsp3) is 0.857. The third kappa shape index (κ3) is 3.93. The molecule has 0 aromatic rings. The van der Waals surface area contributed by atoms with Crippen molar-refractivity contribution in [3.05, 3.63) is 0 Å². The summed E-state index contributed by atoms with van der Waals surface area (Å²) in [5.74, 6) is 0.957. The zero-order chi connectivity index (χ0) is 13.8. The van der Waals surface area contributed by atoms with Crippen molar-refractivity contribution in [1.82, 2.24) is 9.80 Å². The number of ether oxygens (including phenoxy) is 1. The first-order chi connectivity index (χ1) is 9.06. The average molecular weight is 268 g/mol. The van der Waals surface area contributed by atoms with Crippen LogP contribution in [0.2, 0.25) is 0 Å². The van der Waals surface area contributed by atoms with Crippen LogP contribution in [0.5, 0.6) is 0 Å². The minimum absolute atomic E-state index is 0.0625. The van der Waals surface area contributed by atoms with Gasteiger partial charge in [-0.05, 0) is 18.8 Å². The molecule has 2 saturated heterocycles. The Bertz CT molecular complexity index is 338. The number of nitrogens with zero attached hydrogens (tertiary/aromatic N) is 2. The number of piperidine rings is 1. The third-order valence-electron chi connectivity index (χ3n) is 4.12. The second kappa shape index (κ2) is 6.37. The summed E-state index contributed by atoms with van der Waals surface area (Å²) in [4.78, 5) is 27.2. The Morgan fingerprint density at radius 2 is 1.84 bits per heavy atom. The van der Waals surface area contributed by atoms with Crippen molar-refractivity contribution in [1.29, 1.82) is 0 Å². The van der Waals surface area contributed by atoms with Gasteiger partial charge < -0.3 is 14.5 Å². The maximum absolute atomic E-state index is 12.2. The molecule has 0 spiro atoms. The minimum atomic E-state index is -0.135. The number of hydrogen-bond donors (Lipinski definition) is 0. The summed E-state index contributed by atoms with van der Waals surface area (Å²) in [6.45, 7) is 7.25. The number of hydrogen-bond acceptors (Lipinski definition) is 3. The van der Waals surface area contributed by atoms with E-state index in [1.807, 2.05) is 4.90 Å². The highest BCUT2D eigenvalue weighted by Gasteiger charge is 2.27. The van der Waals surface area contributed by atoms with E-state index in [-0.39, 0.29) is 17.9 Å².